The monoisotopic (exact) mass is 477 g/mol. The van der Waals surface area contributed by atoms with Crippen LogP contribution in [-0.2, 0) is 28.0 Å². The van der Waals surface area contributed by atoms with Gasteiger partial charge in [-0.2, -0.15) is 0 Å². The van der Waals surface area contributed by atoms with Crippen molar-refractivity contribution in [3.05, 3.63) is 92.9 Å². The van der Waals surface area contributed by atoms with Crippen LogP contribution in [0.2, 0.25) is 0 Å². The van der Waals surface area contributed by atoms with E-state index in [1.165, 1.54) is 34.6 Å². The molecule has 1 aliphatic heterocycles. The van der Waals surface area contributed by atoms with Gasteiger partial charge in [0.1, 0.15) is 17.9 Å². The summed E-state index contributed by atoms with van der Waals surface area (Å²) in [5.41, 5.74) is 2.68. The number of amides is 4. The van der Waals surface area contributed by atoms with Gasteiger partial charge in [-0.25, -0.2) is 9.18 Å². The smallest absolute Gasteiger partial charge is 0.325 e. The molecule has 2 N–H and O–H groups in total. The Morgan fingerprint density at radius 1 is 1.15 bits per heavy atom. The van der Waals surface area contributed by atoms with Crippen LogP contribution in [-0.4, -0.2) is 29.3 Å². The van der Waals surface area contributed by atoms with Crippen LogP contribution in [0.4, 0.5) is 9.18 Å². The van der Waals surface area contributed by atoms with Crippen molar-refractivity contribution >= 4 is 29.2 Å². The summed E-state index contributed by atoms with van der Waals surface area (Å²) in [4.78, 5) is 40.9. The van der Waals surface area contributed by atoms with Crippen molar-refractivity contribution in [1.29, 1.82) is 0 Å². The number of hydrogen-bond acceptors (Lipinski definition) is 4. The molecular weight excluding hydrogens is 453 g/mol. The fourth-order valence-corrected chi connectivity index (χ4v) is 5.50. The Morgan fingerprint density at radius 3 is 2.65 bits per heavy atom. The van der Waals surface area contributed by atoms with Crippen molar-refractivity contribution in [3.8, 4) is 0 Å². The fraction of sp³-hybridized carbons (Fsp3) is 0.269. The van der Waals surface area contributed by atoms with Crippen LogP contribution in [0.25, 0.3) is 0 Å². The first-order chi connectivity index (χ1) is 16.3. The third kappa shape index (κ3) is 3.98. The normalized spacial score (nSPS) is 20.2. The number of hydrogen-bond donors (Lipinski definition) is 2. The maximum absolute atomic E-state index is 13.4. The van der Waals surface area contributed by atoms with Gasteiger partial charge >= 0.3 is 6.03 Å². The third-order valence-corrected chi connectivity index (χ3v) is 7.53. The molecule has 34 heavy (non-hydrogen) atoms. The van der Waals surface area contributed by atoms with E-state index in [1.54, 1.807) is 19.1 Å². The highest BCUT2D eigenvalue weighted by Crippen LogP contribution is 2.33. The van der Waals surface area contributed by atoms with E-state index in [4.69, 9.17) is 0 Å². The summed E-state index contributed by atoms with van der Waals surface area (Å²) in [7, 11) is 0. The largest absolute Gasteiger partial charge is 0.343 e. The molecule has 1 saturated heterocycles. The molecule has 3 aromatic rings. The molecule has 0 bridgehead atoms. The number of benzene rings is 2. The number of nitrogens with one attached hydrogen (secondary N) is 2. The lowest BCUT2D eigenvalue weighted by molar-refractivity contribution is -0.135. The van der Waals surface area contributed by atoms with Gasteiger partial charge in [0.2, 0.25) is 5.91 Å². The summed E-state index contributed by atoms with van der Waals surface area (Å²) in [6.07, 6.45) is 3.07. The number of rotatable bonds is 6. The van der Waals surface area contributed by atoms with Crippen molar-refractivity contribution in [2.24, 2.45) is 0 Å². The average molecular weight is 478 g/mol. The number of carbonyl (C=O) groups excluding carboxylic acids is 3. The molecule has 0 saturated carbocycles. The predicted molar refractivity (Wildman–Crippen MR) is 127 cm³/mol. The quantitative estimate of drug-likeness (QED) is 0.526. The Morgan fingerprint density at radius 2 is 1.91 bits per heavy atom. The number of halogens is 1. The number of fused-ring (bicyclic) bond motifs is 1. The van der Waals surface area contributed by atoms with Gasteiger partial charge in [0.05, 0.1) is 6.04 Å². The minimum atomic E-state index is -1.22. The molecule has 1 aromatic heterocycles. The van der Waals surface area contributed by atoms with Crippen LogP contribution < -0.4 is 10.6 Å². The van der Waals surface area contributed by atoms with E-state index in [0.29, 0.717) is 5.56 Å². The van der Waals surface area contributed by atoms with Crippen molar-refractivity contribution in [2.75, 3.05) is 6.54 Å². The topological polar surface area (TPSA) is 78.5 Å². The van der Waals surface area contributed by atoms with E-state index in [1.807, 2.05) is 35.7 Å². The summed E-state index contributed by atoms with van der Waals surface area (Å²) >= 11 is 1.45. The van der Waals surface area contributed by atoms with Crippen LogP contribution in [0.3, 0.4) is 0 Å². The molecule has 0 radical (unpaired) electrons. The standard InChI is InChI=1S/C26H24FN3O3S/c1-26(19-10-7-16-4-2-5-18(16)14-19)24(32)30(25(33)29-26)15-22(31)28-23(21-6-3-13-34-21)17-8-11-20(27)12-9-17/h3,6-14,23H,2,4-5,15H2,1H3,(H,28,31)(H,29,33)/t23-,26+/m0/s1. The van der Waals surface area contributed by atoms with E-state index in [9.17, 15) is 18.8 Å². The maximum atomic E-state index is 13.4. The zero-order valence-corrected chi connectivity index (χ0v) is 19.5. The number of thiophene rings is 1. The van der Waals surface area contributed by atoms with Gasteiger partial charge < -0.3 is 10.6 Å². The number of urea groups is 1. The zero-order chi connectivity index (χ0) is 23.9. The molecule has 2 heterocycles. The van der Waals surface area contributed by atoms with Crippen molar-refractivity contribution < 1.29 is 18.8 Å². The minimum Gasteiger partial charge on any atom is -0.343 e. The summed E-state index contributed by atoms with van der Waals surface area (Å²) < 4.78 is 13.4. The van der Waals surface area contributed by atoms with Gasteiger partial charge in [-0.15, -0.1) is 11.3 Å². The molecule has 0 spiro atoms. The number of nitrogens with zero attached hydrogens (tertiary/aromatic N) is 1. The predicted octanol–water partition coefficient (Wildman–Crippen LogP) is 4.05. The molecule has 1 aliphatic carbocycles. The molecule has 2 aromatic carbocycles. The molecule has 5 rings (SSSR count). The van der Waals surface area contributed by atoms with Crippen LogP contribution in [0, 0.1) is 5.82 Å². The Hall–Kier alpha value is -3.52. The van der Waals surface area contributed by atoms with Gasteiger partial charge in [-0.1, -0.05) is 36.4 Å². The number of carbonyl (C=O) groups is 3. The van der Waals surface area contributed by atoms with E-state index in [0.717, 1.165) is 34.6 Å². The van der Waals surface area contributed by atoms with Crippen molar-refractivity contribution in [1.82, 2.24) is 15.5 Å². The molecule has 4 amide bonds. The maximum Gasteiger partial charge on any atom is 0.325 e. The summed E-state index contributed by atoms with van der Waals surface area (Å²) in [5.74, 6) is -1.31. The Balaban J connectivity index is 1.34. The molecule has 174 valence electrons. The molecule has 6 nitrogen and oxygen atoms in total. The second kappa shape index (κ2) is 8.68. The van der Waals surface area contributed by atoms with E-state index < -0.39 is 36.0 Å². The Labute approximate surface area is 200 Å². The second-order valence-electron chi connectivity index (χ2n) is 8.85. The lowest BCUT2D eigenvalue weighted by Gasteiger charge is -2.23. The van der Waals surface area contributed by atoms with Gasteiger partial charge in [0, 0.05) is 4.88 Å². The summed E-state index contributed by atoms with van der Waals surface area (Å²) in [6.45, 7) is 1.27. The lowest BCUT2D eigenvalue weighted by Crippen LogP contribution is -2.44. The van der Waals surface area contributed by atoms with Crippen LogP contribution in [0.5, 0.6) is 0 Å². The first-order valence-electron chi connectivity index (χ1n) is 11.2. The second-order valence-corrected chi connectivity index (χ2v) is 9.83. The van der Waals surface area contributed by atoms with Crippen LogP contribution in [0.1, 0.15) is 46.5 Å². The minimum absolute atomic E-state index is 0.370. The molecule has 0 unspecified atom stereocenters. The lowest BCUT2D eigenvalue weighted by atomic mass is 9.89. The number of imide groups is 1. The van der Waals surface area contributed by atoms with E-state index in [2.05, 4.69) is 10.6 Å². The van der Waals surface area contributed by atoms with Crippen molar-refractivity contribution in [3.63, 3.8) is 0 Å². The van der Waals surface area contributed by atoms with Crippen molar-refractivity contribution in [2.45, 2.75) is 37.8 Å². The van der Waals surface area contributed by atoms with Crippen LogP contribution in [0.15, 0.2) is 60.0 Å². The highest BCUT2D eigenvalue weighted by molar-refractivity contribution is 7.10. The SMILES string of the molecule is C[C@]1(c2ccc3c(c2)CCC3)NC(=O)N(CC(=O)N[C@@H](c2ccc(F)cc2)c2cccs2)C1=O. The number of aryl methyl sites for hydroxylation is 2. The average Bonchev–Trinajstić information content (AvgIpc) is 3.56. The molecule has 2 atom stereocenters. The summed E-state index contributed by atoms with van der Waals surface area (Å²) in [6, 6.07) is 14.4. The zero-order valence-electron chi connectivity index (χ0n) is 18.6. The molecule has 8 heteroatoms. The van der Waals surface area contributed by atoms with E-state index >= 15 is 0 Å². The van der Waals surface area contributed by atoms with Gasteiger partial charge in [-0.3, -0.25) is 14.5 Å². The highest BCUT2D eigenvalue weighted by Gasteiger charge is 2.49. The summed E-state index contributed by atoms with van der Waals surface area (Å²) in [5, 5.41) is 7.57. The first-order valence-corrected chi connectivity index (χ1v) is 12.1. The molecule has 1 fully saturated rings. The Kier molecular flexibility index (Phi) is 5.69. The van der Waals surface area contributed by atoms with Gasteiger partial charge in [0.25, 0.3) is 5.91 Å². The highest BCUT2D eigenvalue weighted by atomic mass is 32.1. The van der Waals surface area contributed by atoms with Gasteiger partial charge in [0.15, 0.2) is 0 Å². The van der Waals surface area contributed by atoms with Gasteiger partial charge in [-0.05, 0) is 72.0 Å². The molecule has 2 aliphatic rings. The third-order valence-electron chi connectivity index (χ3n) is 6.59. The first kappa shape index (κ1) is 22.3. The van der Waals surface area contributed by atoms with E-state index in [-0.39, 0.29) is 5.82 Å². The fourth-order valence-electron chi connectivity index (χ4n) is 4.70. The van der Waals surface area contributed by atoms with Crippen LogP contribution >= 0.6 is 11.3 Å². The molecular formula is C26H24FN3O3S. The Bertz CT molecular complexity index is 1260.